The van der Waals surface area contributed by atoms with Crippen molar-refractivity contribution >= 4 is 23.2 Å². The Balaban J connectivity index is 2.54. The first kappa shape index (κ1) is 12.6. The Hall–Kier alpha value is -0.810. The number of azo groups is 1. The van der Waals surface area contributed by atoms with Crippen molar-refractivity contribution in [3.63, 3.8) is 0 Å². The molecule has 92 valence electrons. The molecule has 0 aliphatic carbocycles. The molecule has 7 heteroatoms. The molecule has 2 nitrogen and oxygen atoms in total. The maximum absolute atomic E-state index is 13.2. The maximum Gasteiger partial charge on any atom is 0.402 e. The van der Waals surface area contributed by atoms with Gasteiger partial charge in [-0.3, -0.25) is 0 Å². The smallest absolute Gasteiger partial charge is 0.193 e. The zero-order valence-electron chi connectivity index (χ0n) is 8.43. The molecule has 0 unspecified atom stereocenters. The van der Waals surface area contributed by atoms with Gasteiger partial charge in [0.2, 0.25) is 0 Å². The summed E-state index contributed by atoms with van der Waals surface area (Å²) in [6.45, 7) is -0.847. The molecule has 0 atom stereocenters. The Morgan fingerprint density at radius 3 is 1.88 bits per heavy atom. The van der Waals surface area contributed by atoms with Crippen molar-refractivity contribution in [1.29, 1.82) is 0 Å². The molecule has 2 rings (SSSR count). The summed E-state index contributed by atoms with van der Waals surface area (Å²) in [5.41, 5.74) is -2.09. The molecule has 0 fully saturated rings. The SMILES string of the molecule is FC(F)(F)C1(c2cc(Cl)cc(Cl)c2)CN=NC1. The highest BCUT2D eigenvalue weighted by molar-refractivity contribution is 6.34. The van der Waals surface area contributed by atoms with Crippen LogP contribution in [0.3, 0.4) is 0 Å². The lowest BCUT2D eigenvalue weighted by atomic mass is 9.80. The van der Waals surface area contributed by atoms with Crippen LogP contribution in [0.5, 0.6) is 0 Å². The van der Waals surface area contributed by atoms with E-state index in [0.717, 1.165) is 0 Å². The summed E-state index contributed by atoms with van der Waals surface area (Å²) in [5, 5.41) is 7.25. The third-order valence-electron chi connectivity index (χ3n) is 2.74. The average molecular weight is 283 g/mol. The zero-order valence-corrected chi connectivity index (χ0v) is 9.94. The highest BCUT2D eigenvalue weighted by atomic mass is 35.5. The fraction of sp³-hybridized carbons (Fsp3) is 0.400. The van der Waals surface area contributed by atoms with Crippen LogP contribution in [-0.4, -0.2) is 19.3 Å². The second-order valence-corrected chi connectivity index (χ2v) is 4.71. The van der Waals surface area contributed by atoms with Crippen LogP contribution in [0.2, 0.25) is 10.0 Å². The van der Waals surface area contributed by atoms with Crippen molar-refractivity contribution in [2.75, 3.05) is 13.1 Å². The van der Waals surface area contributed by atoms with Crippen molar-refractivity contribution in [3.8, 4) is 0 Å². The van der Waals surface area contributed by atoms with Gasteiger partial charge in [-0.15, -0.1) is 0 Å². The standard InChI is InChI=1S/C10H7Cl2F3N2/c11-7-1-6(2-8(12)3-7)9(10(13,14)15)4-16-17-5-9/h1-3H,4-5H2. The van der Waals surface area contributed by atoms with Crippen LogP contribution in [0.15, 0.2) is 28.4 Å². The minimum Gasteiger partial charge on any atom is -0.193 e. The normalized spacial score (nSPS) is 18.6. The summed E-state index contributed by atoms with van der Waals surface area (Å²) >= 11 is 11.5. The number of halogens is 5. The molecule has 0 bridgehead atoms. The molecule has 0 amide bonds. The van der Waals surface area contributed by atoms with Crippen molar-refractivity contribution in [2.45, 2.75) is 11.6 Å². The minimum atomic E-state index is -4.44. The van der Waals surface area contributed by atoms with Gasteiger partial charge in [0.1, 0.15) is 5.41 Å². The fourth-order valence-electron chi connectivity index (χ4n) is 1.75. The molecular weight excluding hydrogens is 276 g/mol. The second kappa shape index (κ2) is 4.14. The van der Waals surface area contributed by atoms with Gasteiger partial charge in [0.05, 0.1) is 13.1 Å². The molecule has 1 aliphatic heterocycles. The number of benzene rings is 1. The van der Waals surface area contributed by atoms with Gasteiger partial charge in [-0.25, -0.2) is 0 Å². The Morgan fingerprint density at radius 2 is 1.47 bits per heavy atom. The molecule has 17 heavy (non-hydrogen) atoms. The largest absolute Gasteiger partial charge is 0.402 e. The Bertz CT molecular complexity index is 443. The Morgan fingerprint density at radius 1 is 1.00 bits per heavy atom. The maximum atomic E-state index is 13.2. The predicted octanol–water partition coefficient (Wildman–Crippen LogP) is 4.26. The Labute approximate surface area is 105 Å². The van der Waals surface area contributed by atoms with E-state index in [1.807, 2.05) is 0 Å². The zero-order chi connectivity index (χ0) is 12.7. The second-order valence-electron chi connectivity index (χ2n) is 3.84. The van der Waals surface area contributed by atoms with E-state index in [4.69, 9.17) is 23.2 Å². The minimum absolute atomic E-state index is 0.00694. The summed E-state index contributed by atoms with van der Waals surface area (Å²) in [4.78, 5) is 0. The Kier molecular flexibility index (Phi) is 3.08. The van der Waals surface area contributed by atoms with Crippen molar-refractivity contribution in [1.82, 2.24) is 0 Å². The van der Waals surface area contributed by atoms with Crippen LogP contribution in [-0.2, 0) is 5.41 Å². The number of hydrogen-bond acceptors (Lipinski definition) is 2. The van der Waals surface area contributed by atoms with E-state index in [-0.39, 0.29) is 15.6 Å². The quantitative estimate of drug-likeness (QED) is 0.735. The van der Waals surface area contributed by atoms with Crippen LogP contribution in [0, 0.1) is 0 Å². The summed E-state index contributed by atoms with van der Waals surface area (Å²) < 4.78 is 39.5. The molecule has 0 radical (unpaired) electrons. The summed E-state index contributed by atoms with van der Waals surface area (Å²) in [7, 11) is 0. The number of hydrogen-bond donors (Lipinski definition) is 0. The molecule has 1 aromatic rings. The van der Waals surface area contributed by atoms with Crippen LogP contribution in [0.1, 0.15) is 5.56 Å². The van der Waals surface area contributed by atoms with E-state index in [0.29, 0.717) is 0 Å². The van der Waals surface area contributed by atoms with Crippen LogP contribution < -0.4 is 0 Å². The van der Waals surface area contributed by atoms with E-state index >= 15 is 0 Å². The first-order chi connectivity index (χ1) is 7.85. The van der Waals surface area contributed by atoms with Gasteiger partial charge in [0.25, 0.3) is 0 Å². The molecule has 1 aliphatic rings. The van der Waals surface area contributed by atoms with Crippen molar-refractivity contribution < 1.29 is 13.2 Å². The number of rotatable bonds is 1. The number of nitrogens with zero attached hydrogens (tertiary/aromatic N) is 2. The lowest BCUT2D eigenvalue weighted by Gasteiger charge is -2.30. The van der Waals surface area contributed by atoms with E-state index in [9.17, 15) is 13.2 Å². The van der Waals surface area contributed by atoms with Gasteiger partial charge in [0, 0.05) is 10.0 Å². The van der Waals surface area contributed by atoms with Gasteiger partial charge < -0.3 is 0 Å². The number of alkyl halides is 3. The molecule has 0 saturated heterocycles. The fourth-order valence-corrected chi connectivity index (χ4v) is 2.27. The van der Waals surface area contributed by atoms with Gasteiger partial charge in [0.15, 0.2) is 0 Å². The van der Waals surface area contributed by atoms with E-state index in [1.54, 1.807) is 0 Å². The van der Waals surface area contributed by atoms with Crippen LogP contribution >= 0.6 is 23.2 Å². The molecule has 0 aromatic heterocycles. The van der Waals surface area contributed by atoms with E-state index < -0.39 is 24.7 Å². The first-order valence-electron chi connectivity index (χ1n) is 4.72. The lowest BCUT2D eigenvalue weighted by molar-refractivity contribution is -0.181. The van der Waals surface area contributed by atoms with Crippen molar-refractivity contribution in [3.05, 3.63) is 33.8 Å². The van der Waals surface area contributed by atoms with Gasteiger partial charge >= 0.3 is 6.18 Å². The lowest BCUT2D eigenvalue weighted by Crippen LogP contribution is -2.45. The van der Waals surface area contributed by atoms with Gasteiger partial charge in [-0.05, 0) is 23.8 Å². The molecule has 0 saturated carbocycles. The molecule has 0 spiro atoms. The average Bonchev–Trinajstić information content (AvgIpc) is 2.64. The van der Waals surface area contributed by atoms with Gasteiger partial charge in [-0.2, -0.15) is 23.4 Å². The van der Waals surface area contributed by atoms with Crippen LogP contribution in [0.4, 0.5) is 13.2 Å². The third-order valence-corrected chi connectivity index (χ3v) is 3.18. The highest BCUT2D eigenvalue weighted by Gasteiger charge is 2.58. The van der Waals surface area contributed by atoms with Gasteiger partial charge in [-0.1, -0.05) is 23.2 Å². The topological polar surface area (TPSA) is 24.7 Å². The third kappa shape index (κ3) is 2.13. The molecule has 1 heterocycles. The molecule has 1 aromatic carbocycles. The highest BCUT2D eigenvalue weighted by Crippen LogP contribution is 2.45. The molecule has 0 N–H and O–H groups in total. The summed E-state index contributed by atoms with van der Waals surface area (Å²) in [5.74, 6) is 0. The summed E-state index contributed by atoms with van der Waals surface area (Å²) in [6, 6.07) is 3.91. The molecular formula is C10H7Cl2F3N2. The van der Waals surface area contributed by atoms with Crippen molar-refractivity contribution in [2.24, 2.45) is 10.2 Å². The predicted molar refractivity (Wildman–Crippen MR) is 58.8 cm³/mol. The van der Waals surface area contributed by atoms with E-state index in [2.05, 4.69) is 10.2 Å². The van der Waals surface area contributed by atoms with Crippen LogP contribution in [0.25, 0.3) is 0 Å². The first-order valence-corrected chi connectivity index (χ1v) is 5.47. The summed E-state index contributed by atoms with van der Waals surface area (Å²) in [6.07, 6.45) is -4.44. The van der Waals surface area contributed by atoms with E-state index in [1.165, 1.54) is 18.2 Å². The monoisotopic (exact) mass is 282 g/mol.